The number of hydrogen-bond acceptors (Lipinski definition) is 5. The predicted molar refractivity (Wildman–Crippen MR) is 98.0 cm³/mol. The third-order valence-electron chi connectivity index (χ3n) is 4.06. The average molecular weight is 353 g/mol. The summed E-state index contributed by atoms with van der Waals surface area (Å²) in [7, 11) is 0. The van der Waals surface area contributed by atoms with E-state index in [-0.39, 0.29) is 0 Å². The summed E-state index contributed by atoms with van der Waals surface area (Å²) in [6.45, 7) is 0. The predicted octanol–water partition coefficient (Wildman–Crippen LogP) is 6.05. The van der Waals surface area contributed by atoms with Crippen molar-refractivity contribution >= 4 is 11.3 Å². The molecule has 0 spiro atoms. The van der Waals surface area contributed by atoms with E-state index in [4.69, 9.17) is 14.2 Å². The molecule has 1 aromatic heterocycles. The fourth-order valence-electron chi connectivity index (χ4n) is 2.83. The topological polar surface area (TPSA) is 40.6 Å². The van der Waals surface area contributed by atoms with Crippen LogP contribution in [0.5, 0.6) is 27.5 Å². The van der Waals surface area contributed by atoms with Crippen LogP contribution in [0.2, 0.25) is 0 Å². The van der Waals surface area contributed by atoms with Gasteiger partial charge in [0, 0.05) is 0 Å². The van der Waals surface area contributed by atoms with E-state index in [2.05, 4.69) is 4.98 Å². The quantitative estimate of drug-likeness (QED) is 0.541. The van der Waals surface area contributed by atoms with E-state index in [1.807, 2.05) is 54.6 Å². The van der Waals surface area contributed by atoms with Gasteiger partial charge in [0.05, 0.1) is 12.3 Å². The largest absolute Gasteiger partial charge is 0.490 e. The fraction of sp³-hybridized carbons (Fsp3) is 0.250. The second-order valence-electron chi connectivity index (χ2n) is 5.96. The highest BCUT2D eigenvalue weighted by molar-refractivity contribution is 7.15. The maximum Gasteiger partial charge on any atom is 0.282 e. The molecule has 0 radical (unpaired) electrons. The molecule has 0 amide bonds. The lowest BCUT2D eigenvalue weighted by atomic mass is 10.3. The van der Waals surface area contributed by atoms with Crippen molar-refractivity contribution in [1.29, 1.82) is 0 Å². The van der Waals surface area contributed by atoms with Gasteiger partial charge in [-0.05, 0) is 73.4 Å². The Bertz CT molecular complexity index is 795. The van der Waals surface area contributed by atoms with Crippen LogP contribution in [0, 0.1) is 0 Å². The second kappa shape index (κ2) is 7.57. The number of benzene rings is 2. The van der Waals surface area contributed by atoms with Gasteiger partial charge in [-0.3, -0.25) is 0 Å². The molecule has 1 fully saturated rings. The van der Waals surface area contributed by atoms with E-state index in [0.29, 0.717) is 16.4 Å². The number of para-hydroxylation sites is 1. The molecule has 4 nitrogen and oxygen atoms in total. The number of ether oxygens (including phenoxy) is 3. The van der Waals surface area contributed by atoms with Crippen molar-refractivity contribution in [3.8, 4) is 27.5 Å². The molecule has 1 aliphatic carbocycles. The molecule has 2 aromatic carbocycles. The first-order valence-electron chi connectivity index (χ1n) is 8.48. The van der Waals surface area contributed by atoms with Crippen LogP contribution in [-0.2, 0) is 0 Å². The lowest BCUT2D eigenvalue weighted by molar-refractivity contribution is 0.210. The van der Waals surface area contributed by atoms with Gasteiger partial charge in [-0.15, -0.1) is 0 Å². The van der Waals surface area contributed by atoms with Crippen LogP contribution < -0.4 is 14.2 Å². The van der Waals surface area contributed by atoms with Crippen LogP contribution in [0.25, 0.3) is 0 Å². The van der Waals surface area contributed by atoms with E-state index in [1.165, 1.54) is 24.2 Å². The summed E-state index contributed by atoms with van der Waals surface area (Å²) in [5, 5.41) is 1.25. The SMILES string of the molecule is c1ccc(Oc2cnc(Oc3ccc(OC4CCCC4)cc3)s2)cc1. The standard InChI is InChI=1S/C20H19NO3S/c1-2-6-16(7-3-1)23-19-14-21-20(25-19)24-18-12-10-17(11-13-18)22-15-8-4-5-9-15/h1-3,6-7,10-15H,4-5,8-9H2. The normalized spacial score (nSPS) is 14.4. The lowest BCUT2D eigenvalue weighted by Crippen LogP contribution is -2.10. The van der Waals surface area contributed by atoms with Crippen molar-refractivity contribution in [2.24, 2.45) is 0 Å². The molecule has 1 heterocycles. The van der Waals surface area contributed by atoms with Crippen LogP contribution in [0.4, 0.5) is 0 Å². The molecule has 4 rings (SSSR count). The summed E-state index contributed by atoms with van der Waals surface area (Å²) in [6.07, 6.45) is 6.88. The summed E-state index contributed by atoms with van der Waals surface area (Å²) in [5.74, 6) is 2.41. The second-order valence-corrected chi connectivity index (χ2v) is 6.91. The molecule has 1 saturated carbocycles. The lowest BCUT2D eigenvalue weighted by Gasteiger charge is -2.13. The van der Waals surface area contributed by atoms with Gasteiger partial charge in [0.2, 0.25) is 5.06 Å². The van der Waals surface area contributed by atoms with Crippen molar-refractivity contribution in [3.63, 3.8) is 0 Å². The molecule has 0 saturated heterocycles. The molecule has 0 bridgehead atoms. The third-order valence-corrected chi connectivity index (χ3v) is 4.81. The molecular formula is C20H19NO3S. The van der Waals surface area contributed by atoms with E-state index in [1.54, 1.807) is 6.20 Å². The zero-order valence-electron chi connectivity index (χ0n) is 13.8. The highest BCUT2D eigenvalue weighted by Crippen LogP contribution is 2.34. The van der Waals surface area contributed by atoms with Crippen molar-refractivity contribution < 1.29 is 14.2 Å². The van der Waals surface area contributed by atoms with Gasteiger partial charge in [-0.2, -0.15) is 0 Å². The van der Waals surface area contributed by atoms with Crippen LogP contribution in [0.1, 0.15) is 25.7 Å². The smallest absolute Gasteiger partial charge is 0.282 e. The molecular weight excluding hydrogens is 334 g/mol. The molecule has 0 unspecified atom stereocenters. The summed E-state index contributed by atoms with van der Waals surface area (Å²) >= 11 is 1.37. The van der Waals surface area contributed by atoms with E-state index in [9.17, 15) is 0 Å². The van der Waals surface area contributed by atoms with Gasteiger partial charge in [-0.25, -0.2) is 4.98 Å². The zero-order valence-corrected chi connectivity index (χ0v) is 14.6. The fourth-order valence-corrected chi connectivity index (χ4v) is 3.49. The third kappa shape index (κ3) is 4.31. The first-order chi connectivity index (χ1) is 12.3. The maximum absolute atomic E-state index is 5.96. The maximum atomic E-state index is 5.96. The Hall–Kier alpha value is -2.53. The minimum atomic E-state index is 0.364. The number of thiazole rings is 1. The summed E-state index contributed by atoms with van der Waals surface area (Å²) in [5.41, 5.74) is 0. The van der Waals surface area contributed by atoms with Crippen LogP contribution >= 0.6 is 11.3 Å². The number of aromatic nitrogens is 1. The number of nitrogens with zero attached hydrogens (tertiary/aromatic N) is 1. The van der Waals surface area contributed by atoms with E-state index in [0.717, 1.165) is 30.1 Å². The Morgan fingerprint density at radius 3 is 2.24 bits per heavy atom. The van der Waals surface area contributed by atoms with Gasteiger partial charge in [-0.1, -0.05) is 18.2 Å². The van der Waals surface area contributed by atoms with Crippen LogP contribution in [-0.4, -0.2) is 11.1 Å². The Labute approximate surface area is 151 Å². The highest BCUT2D eigenvalue weighted by Gasteiger charge is 2.16. The van der Waals surface area contributed by atoms with Gasteiger partial charge >= 0.3 is 0 Å². The molecule has 128 valence electrons. The van der Waals surface area contributed by atoms with Gasteiger partial charge in [0.25, 0.3) is 5.19 Å². The Morgan fingerprint density at radius 1 is 0.800 bits per heavy atom. The molecule has 0 N–H and O–H groups in total. The minimum Gasteiger partial charge on any atom is -0.490 e. The summed E-state index contributed by atoms with van der Waals surface area (Å²) in [4.78, 5) is 4.25. The molecule has 0 atom stereocenters. The van der Waals surface area contributed by atoms with Crippen molar-refractivity contribution in [2.75, 3.05) is 0 Å². The van der Waals surface area contributed by atoms with Crippen LogP contribution in [0.15, 0.2) is 60.8 Å². The average Bonchev–Trinajstić information content (AvgIpc) is 3.30. The van der Waals surface area contributed by atoms with Crippen molar-refractivity contribution in [3.05, 3.63) is 60.8 Å². The molecule has 3 aromatic rings. The van der Waals surface area contributed by atoms with Crippen molar-refractivity contribution in [2.45, 2.75) is 31.8 Å². The Balaban J connectivity index is 1.35. The summed E-state index contributed by atoms with van der Waals surface area (Å²) < 4.78 is 17.5. The molecule has 25 heavy (non-hydrogen) atoms. The minimum absolute atomic E-state index is 0.364. The first kappa shape index (κ1) is 16.0. The highest BCUT2D eigenvalue weighted by atomic mass is 32.1. The number of hydrogen-bond donors (Lipinski definition) is 0. The van der Waals surface area contributed by atoms with Crippen molar-refractivity contribution in [1.82, 2.24) is 4.98 Å². The Morgan fingerprint density at radius 2 is 1.48 bits per heavy atom. The monoisotopic (exact) mass is 353 g/mol. The molecule has 0 aliphatic heterocycles. The Kier molecular flexibility index (Phi) is 4.84. The van der Waals surface area contributed by atoms with E-state index < -0.39 is 0 Å². The van der Waals surface area contributed by atoms with Crippen LogP contribution in [0.3, 0.4) is 0 Å². The number of rotatable bonds is 6. The zero-order chi connectivity index (χ0) is 16.9. The van der Waals surface area contributed by atoms with E-state index >= 15 is 0 Å². The van der Waals surface area contributed by atoms with Gasteiger partial charge in [0.15, 0.2) is 0 Å². The molecule has 5 heteroatoms. The summed E-state index contributed by atoms with van der Waals surface area (Å²) in [6, 6.07) is 17.3. The van der Waals surface area contributed by atoms with Gasteiger partial charge in [0.1, 0.15) is 17.2 Å². The molecule has 1 aliphatic rings. The first-order valence-corrected chi connectivity index (χ1v) is 9.30. The van der Waals surface area contributed by atoms with Gasteiger partial charge < -0.3 is 14.2 Å².